The number of phenolic OH excluding ortho intramolecular Hbond substituents is 3. The molecule has 4 rings (SSSR count). The van der Waals surface area contributed by atoms with Gasteiger partial charge in [-0.2, -0.15) is 0 Å². The van der Waals surface area contributed by atoms with Crippen molar-refractivity contribution >= 4 is 23.6 Å². The van der Waals surface area contributed by atoms with Crippen molar-refractivity contribution in [2.24, 2.45) is 5.73 Å². The molecule has 0 aromatic heterocycles. The molecule has 11 heteroatoms. The largest absolute Gasteiger partial charge is 0.504 e. The maximum Gasteiger partial charge on any atom is 0.336 e. The van der Waals surface area contributed by atoms with E-state index >= 15 is 0 Å². The van der Waals surface area contributed by atoms with Crippen LogP contribution >= 0.6 is 0 Å². The van der Waals surface area contributed by atoms with Gasteiger partial charge in [0.15, 0.2) is 11.5 Å². The summed E-state index contributed by atoms with van der Waals surface area (Å²) in [5.74, 6) is -3.84. The number of nitrogens with zero attached hydrogens (tertiary/aromatic N) is 1. The van der Waals surface area contributed by atoms with Crippen LogP contribution in [0, 0.1) is 0 Å². The predicted molar refractivity (Wildman–Crippen MR) is 119 cm³/mol. The quantitative estimate of drug-likeness (QED) is 0.270. The normalized spacial score (nSPS) is 19.3. The molecule has 2 heterocycles. The number of imide groups is 1. The number of phenols is 3. The van der Waals surface area contributed by atoms with Crippen LogP contribution in [0.3, 0.4) is 0 Å². The molecule has 1 aliphatic carbocycles. The maximum absolute atomic E-state index is 11.8. The second-order valence-corrected chi connectivity index (χ2v) is 7.99. The molecule has 0 bridgehead atoms. The molecule has 0 radical (unpaired) electrons. The van der Waals surface area contributed by atoms with Crippen molar-refractivity contribution in [3.8, 4) is 17.2 Å². The van der Waals surface area contributed by atoms with Gasteiger partial charge in [0.05, 0.1) is 11.3 Å². The lowest BCUT2D eigenvalue weighted by Crippen LogP contribution is -2.50. The number of nitrogens with one attached hydrogen (secondary N) is 1. The van der Waals surface area contributed by atoms with E-state index in [9.17, 15) is 29.4 Å². The molecule has 1 atom stereocenters. The van der Waals surface area contributed by atoms with E-state index in [1.54, 1.807) is 6.08 Å². The number of aromatic carboxylic acids is 1. The second kappa shape index (κ2) is 9.69. The van der Waals surface area contributed by atoms with Gasteiger partial charge in [-0.15, -0.1) is 0 Å². The third-order valence-electron chi connectivity index (χ3n) is 5.70. The lowest BCUT2D eigenvalue weighted by atomic mass is 9.99. The van der Waals surface area contributed by atoms with E-state index in [4.69, 9.17) is 15.9 Å². The van der Waals surface area contributed by atoms with Crippen molar-refractivity contribution in [2.45, 2.75) is 38.6 Å². The molecule has 34 heavy (non-hydrogen) atoms. The number of piperidine rings is 1. The molecule has 3 aliphatic rings. The van der Waals surface area contributed by atoms with Gasteiger partial charge in [0, 0.05) is 30.3 Å². The summed E-state index contributed by atoms with van der Waals surface area (Å²) >= 11 is 0. The Bertz CT molecular complexity index is 1170. The fourth-order valence-corrected chi connectivity index (χ4v) is 3.94. The molecule has 1 aromatic carbocycles. The molecule has 1 unspecified atom stereocenters. The number of carbonyl (C=O) groups is 4. The van der Waals surface area contributed by atoms with Crippen molar-refractivity contribution in [1.82, 2.24) is 10.2 Å². The number of hydrogen-bond donors (Lipinski definition) is 6. The molecule has 2 amide bonds. The predicted octanol–water partition coefficient (Wildman–Crippen LogP) is 0.797. The Hall–Kier alpha value is -4.28. The fourth-order valence-electron chi connectivity index (χ4n) is 3.94. The monoisotopic (exact) mass is 471 g/mol. The maximum atomic E-state index is 11.8. The standard InChI is InChI=1S/C13H13N3O3.C10H12O5/c14-12-8-6-16(5-7(8)1-3-10(12)17)9-2-4-11(18)15-13(9)19;1-2-3-5-6(10(14)15)4-7(11)9(13)8(5)12/h1,3,5,9H,2,4,6,14H2,(H,15,18,19);4,11-13H,2-3H2,1H3,(H,14,15). The Labute approximate surface area is 194 Å². The number of ketones is 1. The van der Waals surface area contributed by atoms with Crippen molar-refractivity contribution in [1.29, 1.82) is 0 Å². The molecule has 11 nitrogen and oxygen atoms in total. The Kier molecular flexibility index (Phi) is 6.94. The minimum absolute atomic E-state index is 0.139. The first kappa shape index (κ1) is 24.4. The number of fused-ring (bicyclic) bond motifs is 1. The minimum atomic E-state index is -1.25. The number of carboxylic acids is 1. The highest BCUT2D eigenvalue weighted by molar-refractivity contribution is 6.06. The average molecular weight is 471 g/mol. The van der Waals surface area contributed by atoms with Gasteiger partial charge >= 0.3 is 5.97 Å². The van der Waals surface area contributed by atoms with Gasteiger partial charge in [0.1, 0.15) is 6.04 Å². The molecule has 0 saturated carbocycles. The number of nitrogens with two attached hydrogens (primary N) is 1. The number of benzene rings is 1. The molecule has 1 saturated heterocycles. The Morgan fingerprint density at radius 1 is 1.18 bits per heavy atom. The van der Waals surface area contributed by atoms with Gasteiger partial charge in [-0.1, -0.05) is 13.3 Å². The summed E-state index contributed by atoms with van der Waals surface area (Å²) in [7, 11) is 0. The number of hydrogen-bond acceptors (Lipinski definition) is 9. The molecule has 1 aromatic rings. The van der Waals surface area contributed by atoms with Crippen LogP contribution in [-0.2, 0) is 20.8 Å². The van der Waals surface area contributed by atoms with E-state index in [1.807, 2.05) is 18.0 Å². The van der Waals surface area contributed by atoms with Crippen molar-refractivity contribution in [3.05, 3.63) is 52.4 Å². The Morgan fingerprint density at radius 2 is 1.88 bits per heavy atom. The number of carboxylic acid groups (broad SMARTS) is 1. The zero-order valence-electron chi connectivity index (χ0n) is 18.4. The van der Waals surface area contributed by atoms with Gasteiger partial charge in [-0.3, -0.25) is 19.7 Å². The van der Waals surface area contributed by atoms with E-state index in [0.29, 0.717) is 32.2 Å². The number of amides is 2. The molecular weight excluding hydrogens is 446 g/mol. The zero-order chi connectivity index (χ0) is 25.2. The van der Waals surface area contributed by atoms with Crippen LogP contribution in [0.1, 0.15) is 42.1 Å². The Morgan fingerprint density at radius 3 is 2.50 bits per heavy atom. The van der Waals surface area contributed by atoms with E-state index in [2.05, 4.69) is 5.32 Å². The van der Waals surface area contributed by atoms with Gasteiger partial charge in [-0.25, -0.2) is 4.79 Å². The van der Waals surface area contributed by atoms with Crippen LogP contribution in [0.4, 0.5) is 0 Å². The fraction of sp³-hybridized carbons (Fsp3) is 0.304. The highest BCUT2D eigenvalue weighted by atomic mass is 16.4. The summed E-state index contributed by atoms with van der Waals surface area (Å²) in [6.07, 6.45) is 6.72. The second-order valence-electron chi connectivity index (χ2n) is 7.99. The van der Waals surface area contributed by atoms with Crippen LogP contribution < -0.4 is 11.1 Å². The first-order chi connectivity index (χ1) is 16.0. The SMILES string of the molecule is CCCc1c(C(=O)O)cc(O)c(O)c1O.NC1=C2CN(C3CCC(=O)NC3=O)C=C2C=CC1=O. The zero-order valence-corrected chi connectivity index (χ0v) is 18.4. The smallest absolute Gasteiger partial charge is 0.336 e. The van der Waals surface area contributed by atoms with E-state index in [1.165, 1.54) is 6.08 Å². The van der Waals surface area contributed by atoms with Crippen LogP contribution in [0.25, 0.3) is 0 Å². The van der Waals surface area contributed by atoms with Gasteiger partial charge in [0.25, 0.3) is 0 Å². The highest BCUT2D eigenvalue weighted by Gasteiger charge is 2.35. The molecule has 180 valence electrons. The van der Waals surface area contributed by atoms with E-state index in [0.717, 1.165) is 17.2 Å². The van der Waals surface area contributed by atoms with Crippen LogP contribution in [0.5, 0.6) is 17.2 Å². The van der Waals surface area contributed by atoms with Crippen molar-refractivity contribution < 1.29 is 39.6 Å². The molecule has 2 aliphatic heterocycles. The number of carbonyl (C=O) groups excluding carboxylic acids is 3. The highest BCUT2D eigenvalue weighted by Crippen LogP contribution is 2.40. The van der Waals surface area contributed by atoms with Gasteiger partial charge in [-0.05, 0) is 36.6 Å². The number of rotatable bonds is 4. The third kappa shape index (κ3) is 4.72. The first-order valence-corrected chi connectivity index (χ1v) is 10.6. The van der Waals surface area contributed by atoms with Gasteiger partial charge < -0.3 is 31.1 Å². The molecular formula is C23H25N3O8. The Balaban J connectivity index is 0.000000197. The first-order valence-electron chi connectivity index (χ1n) is 10.6. The summed E-state index contributed by atoms with van der Waals surface area (Å²) in [6, 6.07) is 0.558. The summed E-state index contributed by atoms with van der Waals surface area (Å²) in [5, 5.41) is 39.0. The topological polar surface area (TPSA) is 190 Å². The van der Waals surface area contributed by atoms with E-state index in [-0.39, 0.29) is 40.5 Å². The number of aromatic hydroxyl groups is 3. The van der Waals surface area contributed by atoms with Crippen molar-refractivity contribution in [3.63, 3.8) is 0 Å². The lowest BCUT2D eigenvalue weighted by molar-refractivity contribution is -0.136. The van der Waals surface area contributed by atoms with Gasteiger partial charge in [0.2, 0.25) is 23.3 Å². The van der Waals surface area contributed by atoms with Crippen LogP contribution in [-0.4, -0.2) is 61.5 Å². The minimum Gasteiger partial charge on any atom is -0.504 e. The molecule has 7 N–H and O–H groups in total. The summed E-state index contributed by atoms with van der Waals surface area (Å²) < 4.78 is 0. The third-order valence-corrected chi connectivity index (χ3v) is 5.70. The summed E-state index contributed by atoms with van der Waals surface area (Å²) in [5.41, 5.74) is 7.58. The van der Waals surface area contributed by atoms with Crippen molar-refractivity contribution in [2.75, 3.05) is 6.54 Å². The molecule has 1 fully saturated rings. The lowest BCUT2D eigenvalue weighted by Gasteiger charge is -2.29. The van der Waals surface area contributed by atoms with Crippen LogP contribution in [0.2, 0.25) is 0 Å². The average Bonchev–Trinajstić information content (AvgIpc) is 3.21. The van der Waals surface area contributed by atoms with E-state index < -0.39 is 23.2 Å². The molecule has 0 spiro atoms. The van der Waals surface area contributed by atoms with Crippen LogP contribution in [0.15, 0.2) is 41.3 Å². The number of allylic oxidation sites excluding steroid dienone is 2. The summed E-state index contributed by atoms with van der Waals surface area (Å²) in [4.78, 5) is 47.1. The summed E-state index contributed by atoms with van der Waals surface area (Å²) in [6.45, 7) is 2.25.